The molecule has 2 heterocycles. The van der Waals surface area contributed by atoms with Gasteiger partial charge in [0.2, 0.25) is 0 Å². The highest BCUT2D eigenvalue weighted by atomic mass is 35.5. The molecule has 0 aliphatic heterocycles. The van der Waals surface area contributed by atoms with Crippen molar-refractivity contribution < 1.29 is 0 Å². The molecule has 0 saturated heterocycles. The molecule has 5 heteroatoms. The van der Waals surface area contributed by atoms with Crippen LogP contribution in [0, 0.1) is 0 Å². The monoisotopic (exact) mass is 273 g/mol. The molecule has 0 unspecified atom stereocenters. The van der Waals surface area contributed by atoms with E-state index in [4.69, 9.17) is 11.6 Å². The van der Waals surface area contributed by atoms with E-state index < -0.39 is 0 Å². The Morgan fingerprint density at radius 3 is 2.56 bits per heavy atom. The molecule has 18 heavy (non-hydrogen) atoms. The predicted octanol–water partition coefficient (Wildman–Crippen LogP) is 3.92. The van der Waals surface area contributed by atoms with Gasteiger partial charge in [-0.3, -0.25) is 4.98 Å². The minimum Gasteiger partial charge on any atom is -0.254 e. The number of benzene rings is 1. The molecule has 0 N–H and O–H groups in total. The van der Waals surface area contributed by atoms with Gasteiger partial charge in [0.1, 0.15) is 5.69 Å². The third kappa shape index (κ3) is 2.25. The van der Waals surface area contributed by atoms with E-state index in [0.717, 1.165) is 16.3 Å². The number of pyridine rings is 1. The molecule has 0 bridgehead atoms. The Morgan fingerprint density at radius 2 is 1.83 bits per heavy atom. The van der Waals surface area contributed by atoms with Crippen LogP contribution in [-0.4, -0.2) is 14.3 Å². The van der Waals surface area contributed by atoms with Crippen molar-refractivity contribution in [1.29, 1.82) is 0 Å². The van der Waals surface area contributed by atoms with Crippen LogP contribution in [0.5, 0.6) is 0 Å². The molecule has 0 radical (unpaired) electrons. The highest BCUT2D eigenvalue weighted by molar-refractivity contribution is 7.09. The molecule has 0 saturated carbocycles. The maximum atomic E-state index is 5.85. The number of halogens is 1. The topological polar surface area (TPSA) is 38.7 Å². The Labute approximate surface area is 113 Å². The lowest BCUT2D eigenvalue weighted by atomic mass is 10.2. The maximum Gasteiger partial charge on any atom is 0.173 e. The van der Waals surface area contributed by atoms with Gasteiger partial charge in [0.25, 0.3) is 0 Å². The van der Waals surface area contributed by atoms with Crippen LogP contribution in [0.4, 0.5) is 0 Å². The average Bonchev–Trinajstić information content (AvgIpc) is 2.90. The van der Waals surface area contributed by atoms with Crippen LogP contribution in [0.3, 0.4) is 0 Å². The van der Waals surface area contributed by atoms with Crippen LogP contribution in [0.2, 0.25) is 5.02 Å². The van der Waals surface area contributed by atoms with Crippen molar-refractivity contribution in [2.24, 2.45) is 0 Å². The van der Waals surface area contributed by atoms with E-state index in [1.807, 2.05) is 42.5 Å². The lowest BCUT2D eigenvalue weighted by Crippen LogP contribution is -1.82. The fourth-order valence-electron chi connectivity index (χ4n) is 1.53. The molecule has 1 aromatic carbocycles. The summed E-state index contributed by atoms with van der Waals surface area (Å²) in [5.74, 6) is 0.706. The number of aromatic nitrogens is 3. The number of hydrogen-bond donors (Lipinski definition) is 0. The summed E-state index contributed by atoms with van der Waals surface area (Å²) in [6.07, 6.45) is 1.75. The molecule has 3 rings (SSSR count). The smallest absolute Gasteiger partial charge is 0.173 e. The number of nitrogens with zero attached hydrogens (tertiary/aromatic N) is 3. The van der Waals surface area contributed by atoms with Crippen molar-refractivity contribution in [3.8, 4) is 22.1 Å². The third-order valence-corrected chi connectivity index (χ3v) is 3.40. The zero-order chi connectivity index (χ0) is 12.4. The van der Waals surface area contributed by atoms with E-state index in [9.17, 15) is 0 Å². The summed E-state index contributed by atoms with van der Waals surface area (Å²) >= 11 is 7.20. The van der Waals surface area contributed by atoms with Gasteiger partial charge in [-0.25, -0.2) is 4.98 Å². The molecule has 0 aliphatic rings. The third-order valence-electron chi connectivity index (χ3n) is 2.41. The zero-order valence-corrected chi connectivity index (χ0v) is 10.8. The summed E-state index contributed by atoms with van der Waals surface area (Å²) in [6.45, 7) is 0. The van der Waals surface area contributed by atoms with Gasteiger partial charge in [-0.2, -0.15) is 4.37 Å². The van der Waals surface area contributed by atoms with Crippen LogP contribution in [0.15, 0.2) is 48.7 Å². The normalized spacial score (nSPS) is 10.5. The first kappa shape index (κ1) is 11.3. The molecule has 3 nitrogen and oxygen atoms in total. The van der Waals surface area contributed by atoms with E-state index in [-0.39, 0.29) is 0 Å². The molecule has 0 spiro atoms. The SMILES string of the molecule is Clc1ccc(-c2nsc(-c3ccccn3)n2)cc1. The molecule has 88 valence electrons. The van der Waals surface area contributed by atoms with E-state index in [0.29, 0.717) is 10.8 Å². The molecule has 0 aliphatic carbocycles. The highest BCUT2D eigenvalue weighted by Crippen LogP contribution is 2.25. The minimum absolute atomic E-state index is 0.706. The average molecular weight is 274 g/mol. The van der Waals surface area contributed by atoms with Crippen molar-refractivity contribution in [1.82, 2.24) is 14.3 Å². The summed E-state index contributed by atoms with van der Waals surface area (Å²) in [5, 5.41) is 1.53. The van der Waals surface area contributed by atoms with Crippen molar-refractivity contribution in [3.05, 3.63) is 53.7 Å². The lowest BCUT2D eigenvalue weighted by Gasteiger charge is -1.95. The molecule has 2 aromatic heterocycles. The van der Waals surface area contributed by atoms with E-state index in [1.165, 1.54) is 11.5 Å². The van der Waals surface area contributed by atoms with Gasteiger partial charge in [0, 0.05) is 16.8 Å². The van der Waals surface area contributed by atoms with E-state index in [1.54, 1.807) is 6.20 Å². The second kappa shape index (κ2) is 4.84. The van der Waals surface area contributed by atoms with Gasteiger partial charge in [-0.15, -0.1) is 0 Å². The molecule has 3 aromatic rings. The second-order valence-corrected chi connectivity index (χ2v) is 4.83. The second-order valence-electron chi connectivity index (χ2n) is 3.65. The Hall–Kier alpha value is -1.78. The molecule has 0 atom stereocenters. The Bertz CT molecular complexity index is 650. The highest BCUT2D eigenvalue weighted by Gasteiger charge is 2.08. The minimum atomic E-state index is 0.706. The lowest BCUT2D eigenvalue weighted by molar-refractivity contribution is 1.27. The molecule has 0 fully saturated rings. The van der Waals surface area contributed by atoms with Gasteiger partial charge in [0.05, 0.1) is 0 Å². The fourth-order valence-corrected chi connectivity index (χ4v) is 2.32. The quantitative estimate of drug-likeness (QED) is 0.710. The first-order valence-corrected chi connectivity index (χ1v) is 6.49. The van der Waals surface area contributed by atoms with Crippen molar-refractivity contribution in [3.63, 3.8) is 0 Å². The summed E-state index contributed by atoms with van der Waals surface area (Å²) in [7, 11) is 0. The van der Waals surface area contributed by atoms with Gasteiger partial charge < -0.3 is 0 Å². The Kier molecular flexibility index (Phi) is 3.04. The van der Waals surface area contributed by atoms with E-state index in [2.05, 4.69) is 14.3 Å². The van der Waals surface area contributed by atoms with Gasteiger partial charge in [0.15, 0.2) is 10.8 Å². The zero-order valence-electron chi connectivity index (χ0n) is 9.25. The van der Waals surface area contributed by atoms with Gasteiger partial charge in [-0.05, 0) is 47.9 Å². The first-order valence-electron chi connectivity index (χ1n) is 5.34. The van der Waals surface area contributed by atoms with Crippen LogP contribution >= 0.6 is 23.1 Å². The summed E-state index contributed by atoms with van der Waals surface area (Å²) in [6, 6.07) is 13.2. The molecular weight excluding hydrogens is 266 g/mol. The van der Waals surface area contributed by atoms with Crippen molar-refractivity contribution in [2.75, 3.05) is 0 Å². The number of hydrogen-bond acceptors (Lipinski definition) is 4. The van der Waals surface area contributed by atoms with Gasteiger partial charge in [-0.1, -0.05) is 17.7 Å². The van der Waals surface area contributed by atoms with Crippen molar-refractivity contribution >= 4 is 23.1 Å². The van der Waals surface area contributed by atoms with Gasteiger partial charge >= 0.3 is 0 Å². The predicted molar refractivity (Wildman–Crippen MR) is 73.6 cm³/mol. The number of rotatable bonds is 2. The molecular formula is C13H8ClN3S. The van der Waals surface area contributed by atoms with Crippen LogP contribution in [0.1, 0.15) is 0 Å². The largest absolute Gasteiger partial charge is 0.254 e. The van der Waals surface area contributed by atoms with Crippen LogP contribution < -0.4 is 0 Å². The standard InChI is InChI=1S/C13H8ClN3S/c14-10-6-4-9(5-7-10)12-16-13(18-17-12)11-3-1-2-8-15-11/h1-8H. The summed E-state index contributed by atoms with van der Waals surface area (Å²) in [5.41, 5.74) is 1.80. The summed E-state index contributed by atoms with van der Waals surface area (Å²) < 4.78 is 4.34. The van der Waals surface area contributed by atoms with Crippen LogP contribution in [-0.2, 0) is 0 Å². The first-order chi connectivity index (χ1) is 8.83. The Morgan fingerprint density at radius 1 is 1.00 bits per heavy atom. The van der Waals surface area contributed by atoms with Crippen LogP contribution in [0.25, 0.3) is 22.1 Å². The fraction of sp³-hybridized carbons (Fsp3) is 0. The van der Waals surface area contributed by atoms with Crippen molar-refractivity contribution in [2.45, 2.75) is 0 Å². The maximum absolute atomic E-state index is 5.85. The summed E-state index contributed by atoms with van der Waals surface area (Å²) in [4.78, 5) is 8.74. The molecule has 0 amide bonds. The Balaban J connectivity index is 1.97. The van der Waals surface area contributed by atoms with E-state index >= 15 is 0 Å².